The van der Waals surface area contributed by atoms with Crippen LogP contribution < -0.4 is 0 Å². The molecule has 1 aromatic rings. The molecule has 1 aliphatic heterocycles. The van der Waals surface area contributed by atoms with E-state index in [1.165, 1.54) is 18.2 Å². The van der Waals surface area contributed by atoms with Crippen molar-refractivity contribution in [3.8, 4) is 0 Å². The summed E-state index contributed by atoms with van der Waals surface area (Å²) in [5, 5.41) is 11.3. The maximum atomic E-state index is 11.6. The molecule has 25 heavy (non-hydrogen) atoms. The first-order chi connectivity index (χ1) is 11.7. The van der Waals surface area contributed by atoms with Gasteiger partial charge in [0, 0.05) is 26.0 Å². The Morgan fingerprint density at radius 1 is 1.24 bits per heavy atom. The maximum Gasteiger partial charge on any atom is 0.337 e. The van der Waals surface area contributed by atoms with Gasteiger partial charge in [-0.3, -0.25) is 14.7 Å². The van der Waals surface area contributed by atoms with Gasteiger partial charge in [-0.15, -0.1) is 0 Å². The summed E-state index contributed by atoms with van der Waals surface area (Å²) in [5.74, 6) is -0.990. The highest BCUT2D eigenvalue weighted by atomic mass is 32.2. The van der Waals surface area contributed by atoms with Crippen molar-refractivity contribution in [3.63, 3.8) is 0 Å². The third-order valence-electron chi connectivity index (χ3n) is 4.71. The Kier molecular flexibility index (Phi) is 4.82. The Labute approximate surface area is 145 Å². The number of nitro groups is 1. The van der Waals surface area contributed by atoms with Crippen molar-refractivity contribution < 1.29 is 27.4 Å². The van der Waals surface area contributed by atoms with Gasteiger partial charge in [0.1, 0.15) is 6.10 Å². The first-order valence-electron chi connectivity index (χ1n) is 8.03. The molecule has 1 N–H and O–H groups in total. The molecular weight excluding hydrogens is 352 g/mol. The number of hydrogen-bond donors (Lipinski definition) is 1. The molecule has 1 saturated carbocycles. The van der Waals surface area contributed by atoms with E-state index in [1.54, 1.807) is 6.07 Å². The van der Waals surface area contributed by atoms with Crippen LogP contribution in [0.15, 0.2) is 24.3 Å². The molecule has 2 unspecified atom stereocenters. The minimum absolute atomic E-state index is 0.183. The first kappa shape index (κ1) is 18.2. The molecule has 1 heterocycles. The number of nitro benzene ring substituents is 1. The van der Waals surface area contributed by atoms with E-state index in [0.717, 1.165) is 26.3 Å². The van der Waals surface area contributed by atoms with E-state index in [1.807, 2.05) is 0 Å². The van der Waals surface area contributed by atoms with Gasteiger partial charge in [-0.25, -0.2) is 0 Å². The molecule has 138 valence electrons. The summed E-state index contributed by atoms with van der Waals surface area (Å²) in [6.07, 6.45) is 1.67. The van der Waals surface area contributed by atoms with Crippen LogP contribution in [0.1, 0.15) is 43.8 Å². The predicted octanol–water partition coefficient (Wildman–Crippen LogP) is 2.40. The fraction of sp³-hybridized carbons (Fsp3) is 0.600. The molecule has 1 saturated heterocycles. The van der Waals surface area contributed by atoms with Crippen molar-refractivity contribution in [3.05, 3.63) is 39.9 Å². The Morgan fingerprint density at radius 3 is 2.48 bits per heavy atom. The number of para-hydroxylation sites is 1. The van der Waals surface area contributed by atoms with Crippen molar-refractivity contribution in [2.24, 2.45) is 0 Å². The van der Waals surface area contributed by atoms with Crippen LogP contribution in [0.3, 0.4) is 0 Å². The maximum absolute atomic E-state index is 11.6. The third-order valence-corrected chi connectivity index (χ3v) is 5.65. The summed E-state index contributed by atoms with van der Waals surface area (Å²) in [5.41, 5.74) is 0.0353. The van der Waals surface area contributed by atoms with Crippen LogP contribution >= 0.6 is 0 Å². The highest BCUT2D eigenvalue weighted by molar-refractivity contribution is 7.83. The van der Waals surface area contributed by atoms with Crippen LogP contribution in [0.5, 0.6) is 0 Å². The zero-order chi connectivity index (χ0) is 18.2. The molecule has 0 bridgehead atoms. The van der Waals surface area contributed by atoms with E-state index in [-0.39, 0.29) is 11.3 Å². The predicted molar refractivity (Wildman–Crippen MR) is 86.9 cm³/mol. The van der Waals surface area contributed by atoms with Crippen molar-refractivity contribution in [2.45, 2.75) is 50.2 Å². The fourth-order valence-electron chi connectivity index (χ4n) is 3.43. The van der Waals surface area contributed by atoms with Crippen LogP contribution in [-0.2, 0) is 19.8 Å². The SMILES string of the molecule is CN(C1OC2(CCCCC2)OC1c1ccccc1[N+](=O)[O-])S(=O)(=O)O. The third kappa shape index (κ3) is 3.53. The van der Waals surface area contributed by atoms with Crippen molar-refractivity contribution >= 4 is 16.0 Å². The lowest BCUT2D eigenvalue weighted by atomic mass is 9.94. The molecule has 2 fully saturated rings. The quantitative estimate of drug-likeness (QED) is 0.489. The molecule has 0 radical (unpaired) electrons. The van der Waals surface area contributed by atoms with Crippen LogP contribution in [0, 0.1) is 10.1 Å². The van der Waals surface area contributed by atoms with Crippen molar-refractivity contribution in [1.29, 1.82) is 0 Å². The van der Waals surface area contributed by atoms with Gasteiger partial charge in [0.15, 0.2) is 12.0 Å². The molecule has 1 aromatic carbocycles. The lowest BCUT2D eigenvalue weighted by molar-refractivity contribution is -0.386. The number of rotatable bonds is 4. The lowest BCUT2D eigenvalue weighted by Gasteiger charge is -2.32. The zero-order valence-electron chi connectivity index (χ0n) is 13.7. The summed E-state index contributed by atoms with van der Waals surface area (Å²) in [6.45, 7) is 0. The number of nitrogens with zero attached hydrogens (tertiary/aromatic N) is 2. The number of ether oxygens (including phenoxy) is 2. The van der Waals surface area contributed by atoms with E-state index in [4.69, 9.17) is 9.47 Å². The first-order valence-corrected chi connectivity index (χ1v) is 9.43. The lowest BCUT2D eigenvalue weighted by Crippen LogP contribution is -2.41. The number of likely N-dealkylation sites (N-methyl/N-ethyl adjacent to an activating group) is 1. The minimum Gasteiger partial charge on any atom is -0.337 e. The zero-order valence-corrected chi connectivity index (χ0v) is 14.5. The Hall–Kier alpha value is -1.59. The molecule has 1 spiro atoms. The van der Waals surface area contributed by atoms with E-state index in [2.05, 4.69) is 0 Å². The highest BCUT2D eigenvalue weighted by Crippen LogP contribution is 2.48. The second kappa shape index (κ2) is 6.61. The Balaban J connectivity index is 2.03. The van der Waals surface area contributed by atoms with E-state index >= 15 is 0 Å². The summed E-state index contributed by atoms with van der Waals surface area (Å²) < 4.78 is 45.2. The summed E-state index contributed by atoms with van der Waals surface area (Å²) in [6, 6.07) is 5.98. The second-order valence-electron chi connectivity index (χ2n) is 6.33. The Bertz CT molecular complexity index is 761. The molecule has 9 nitrogen and oxygen atoms in total. The number of benzene rings is 1. The van der Waals surface area contributed by atoms with Crippen molar-refractivity contribution in [2.75, 3.05) is 7.05 Å². The second-order valence-corrected chi connectivity index (χ2v) is 7.80. The van der Waals surface area contributed by atoms with Crippen LogP contribution in [0.4, 0.5) is 5.69 Å². The molecule has 0 amide bonds. The number of hydrogen-bond acceptors (Lipinski definition) is 6. The monoisotopic (exact) mass is 372 g/mol. The van der Waals surface area contributed by atoms with E-state index < -0.39 is 33.3 Å². The molecule has 1 aliphatic carbocycles. The van der Waals surface area contributed by atoms with Gasteiger partial charge in [-0.2, -0.15) is 12.7 Å². The van der Waals surface area contributed by atoms with Gasteiger partial charge in [0.05, 0.1) is 10.5 Å². The van der Waals surface area contributed by atoms with Crippen LogP contribution in [-0.4, -0.2) is 41.3 Å². The average molecular weight is 372 g/mol. The van der Waals surface area contributed by atoms with E-state index in [0.29, 0.717) is 17.1 Å². The normalized spacial score (nSPS) is 26.2. The smallest absolute Gasteiger partial charge is 0.337 e. The molecule has 2 atom stereocenters. The standard InChI is InChI=1S/C15H20N2O7S/c1-16(25(20,21)22)14-13(11-7-3-4-8-12(11)17(18)19)23-15(24-14)9-5-2-6-10-15/h3-4,7-8,13-14H,2,5-6,9-10H2,1H3,(H,20,21,22). The minimum atomic E-state index is -4.56. The van der Waals surface area contributed by atoms with Crippen molar-refractivity contribution in [1.82, 2.24) is 4.31 Å². The molecule has 3 rings (SSSR count). The largest absolute Gasteiger partial charge is 0.337 e. The van der Waals surface area contributed by atoms with Gasteiger partial charge < -0.3 is 9.47 Å². The van der Waals surface area contributed by atoms with Gasteiger partial charge in [-0.05, 0) is 18.9 Å². The van der Waals surface area contributed by atoms with Crippen LogP contribution in [0.2, 0.25) is 0 Å². The topological polar surface area (TPSA) is 119 Å². The van der Waals surface area contributed by atoms with Gasteiger partial charge in [0.2, 0.25) is 0 Å². The fourth-order valence-corrected chi connectivity index (χ4v) is 3.85. The molecule has 10 heteroatoms. The molecular formula is C15H20N2O7S. The van der Waals surface area contributed by atoms with Gasteiger partial charge >= 0.3 is 10.3 Å². The summed E-state index contributed by atoms with van der Waals surface area (Å²) in [4.78, 5) is 10.8. The van der Waals surface area contributed by atoms with Crippen LogP contribution in [0.25, 0.3) is 0 Å². The Morgan fingerprint density at radius 2 is 1.88 bits per heavy atom. The van der Waals surface area contributed by atoms with Gasteiger partial charge in [-0.1, -0.05) is 18.6 Å². The van der Waals surface area contributed by atoms with E-state index in [9.17, 15) is 23.1 Å². The van der Waals surface area contributed by atoms with Gasteiger partial charge in [0.25, 0.3) is 5.69 Å². The summed E-state index contributed by atoms with van der Waals surface area (Å²) >= 11 is 0. The molecule has 0 aromatic heterocycles. The molecule has 2 aliphatic rings. The highest BCUT2D eigenvalue weighted by Gasteiger charge is 2.53. The summed E-state index contributed by atoms with van der Waals surface area (Å²) in [7, 11) is -3.40. The average Bonchev–Trinajstić information content (AvgIpc) is 2.92.